The van der Waals surface area contributed by atoms with E-state index >= 15 is 0 Å². The maximum atomic E-state index is 12.4. The van der Waals surface area contributed by atoms with Crippen LogP contribution in [0.25, 0.3) is 6.08 Å². The van der Waals surface area contributed by atoms with Crippen molar-refractivity contribution in [1.29, 1.82) is 10.5 Å². The van der Waals surface area contributed by atoms with Gasteiger partial charge in [-0.15, -0.1) is 11.3 Å². The maximum absolute atomic E-state index is 12.4. The normalized spacial score (nSPS) is 15.3. The van der Waals surface area contributed by atoms with Gasteiger partial charge in [-0.2, -0.15) is 10.5 Å². The van der Waals surface area contributed by atoms with E-state index in [9.17, 15) is 20.1 Å². The number of hydrogen-bond donors (Lipinski definition) is 1. The number of fused-ring (bicyclic) bond motifs is 1. The molecular weight excluding hydrogens is 436 g/mol. The third-order valence-electron chi connectivity index (χ3n) is 5.91. The lowest BCUT2D eigenvalue weighted by Crippen LogP contribution is -2.21. The van der Waals surface area contributed by atoms with Crippen molar-refractivity contribution < 1.29 is 14.3 Å². The summed E-state index contributed by atoms with van der Waals surface area (Å²) in [5, 5.41) is 22.2. The highest BCUT2D eigenvalue weighted by molar-refractivity contribution is 7.16. The van der Waals surface area contributed by atoms with Crippen molar-refractivity contribution in [3.05, 3.63) is 44.6 Å². The zero-order valence-corrected chi connectivity index (χ0v) is 20.3. The fraction of sp³-hybridized carbons (Fsp3) is 0.440. The van der Waals surface area contributed by atoms with Gasteiger partial charge in [0, 0.05) is 22.8 Å². The Hall–Kier alpha value is -3.36. The number of anilines is 1. The summed E-state index contributed by atoms with van der Waals surface area (Å²) >= 11 is 1.41. The van der Waals surface area contributed by atoms with Gasteiger partial charge in [0.2, 0.25) is 0 Å². The van der Waals surface area contributed by atoms with E-state index in [1.54, 1.807) is 0 Å². The molecule has 172 valence electrons. The fourth-order valence-electron chi connectivity index (χ4n) is 4.16. The largest absolute Gasteiger partial charge is 0.451 e. The predicted molar refractivity (Wildman–Crippen MR) is 128 cm³/mol. The number of thiophene rings is 1. The molecule has 1 aliphatic carbocycles. The van der Waals surface area contributed by atoms with Crippen molar-refractivity contribution in [2.24, 2.45) is 5.92 Å². The minimum absolute atomic E-state index is 0.169. The number of aryl methyl sites for hydroxylation is 1. The van der Waals surface area contributed by atoms with Gasteiger partial charge in [0.05, 0.1) is 5.56 Å². The Bertz CT molecular complexity index is 1190. The van der Waals surface area contributed by atoms with Crippen LogP contribution in [0.5, 0.6) is 0 Å². The van der Waals surface area contributed by atoms with Crippen molar-refractivity contribution in [1.82, 2.24) is 4.57 Å². The molecule has 33 heavy (non-hydrogen) atoms. The highest BCUT2D eigenvalue weighted by atomic mass is 32.1. The molecule has 0 saturated carbocycles. The van der Waals surface area contributed by atoms with Gasteiger partial charge in [-0.1, -0.05) is 13.8 Å². The number of carbonyl (C=O) groups excluding carboxylic acids is 2. The standard InChI is InChI=1S/C25H28N4O3S/c1-5-8-29-16(3)10-18(17(29)4)11-19(12-26)25(31)32-14-23(30)28-24-21(13-27)20-7-6-15(2)9-22(20)33-24/h10-11,15H,5-9,14H2,1-4H3,(H,28,30)/b19-11+/t15-/m1/s1. The van der Waals surface area contributed by atoms with Gasteiger partial charge in [0.25, 0.3) is 5.91 Å². The van der Waals surface area contributed by atoms with E-state index in [2.05, 4.69) is 29.8 Å². The summed E-state index contributed by atoms with van der Waals surface area (Å²) in [6.07, 6.45) is 5.22. The van der Waals surface area contributed by atoms with Crippen LogP contribution < -0.4 is 5.32 Å². The van der Waals surface area contributed by atoms with Gasteiger partial charge < -0.3 is 14.6 Å². The van der Waals surface area contributed by atoms with Crippen LogP contribution in [-0.4, -0.2) is 23.1 Å². The highest BCUT2D eigenvalue weighted by Gasteiger charge is 2.25. The molecule has 1 amide bonds. The molecule has 3 rings (SSSR count). The van der Waals surface area contributed by atoms with E-state index in [1.807, 2.05) is 26.0 Å². The van der Waals surface area contributed by atoms with Gasteiger partial charge >= 0.3 is 5.97 Å². The number of nitrogens with one attached hydrogen (secondary N) is 1. The van der Waals surface area contributed by atoms with Gasteiger partial charge in [0.1, 0.15) is 22.7 Å². The maximum Gasteiger partial charge on any atom is 0.349 e. The molecule has 1 N–H and O–H groups in total. The van der Waals surface area contributed by atoms with E-state index < -0.39 is 18.5 Å². The lowest BCUT2D eigenvalue weighted by atomic mass is 9.89. The van der Waals surface area contributed by atoms with E-state index in [1.165, 1.54) is 17.4 Å². The molecule has 1 aliphatic rings. The molecule has 2 aromatic rings. The van der Waals surface area contributed by atoms with E-state index in [0.717, 1.165) is 59.6 Å². The molecule has 0 radical (unpaired) electrons. The average Bonchev–Trinajstić information content (AvgIpc) is 3.26. The summed E-state index contributed by atoms with van der Waals surface area (Å²) in [6, 6.07) is 5.99. The Labute approximate surface area is 198 Å². The Morgan fingerprint density at radius 2 is 2.12 bits per heavy atom. The van der Waals surface area contributed by atoms with Gasteiger partial charge in [-0.05, 0) is 68.7 Å². The number of esters is 1. The quantitative estimate of drug-likeness (QED) is 0.364. The van der Waals surface area contributed by atoms with Crippen molar-refractivity contribution in [2.75, 3.05) is 11.9 Å². The van der Waals surface area contributed by atoms with Crippen molar-refractivity contribution >= 4 is 34.3 Å². The lowest BCUT2D eigenvalue weighted by molar-refractivity contribution is -0.142. The van der Waals surface area contributed by atoms with Crippen molar-refractivity contribution in [3.63, 3.8) is 0 Å². The zero-order valence-electron chi connectivity index (χ0n) is 19.4. The van der Waals surface area contributed by atoms with Crippen LogP contribution in [0.2, 0.25) is 0 Å². The summed E-state index contributed by atoms with van der Waals surface area (Å²) in [5.74, 6) is -0.840. The molecule has 0 spiro atoms. The Balaban J connectivity index is 1.66. The Morgan fingerprint density at radius 1 is 1.36 bits per heavy atom. The fourth-order valence-corrected chi connectivity index (χ4v) is 5.54. The molecule has 0 aliphatic heterocycles. The SMILES string of the molecule is CCCn1c(C)cc(/C=C(\C#N)C(=O)OCC(=O)Nc2sc3c(c2C#N)CC[C@@H](C)C3)c1C. The molecule has 2 aromatic heterocycles. The Kier molecular flexibility index (Phi) is 7.73. The topological polar surface area (TPSA) is 108 Å². The van der Waals surface area contributed by atoms with Crippen LogP contribution in [0, 0.1) is 42.4 Å². The molecule has 0 unspecified atom stereocenters. The van der Waals surface area contributed by atoms with Crippen LogP contribution in [-0.2, 0) is 33.7 Å². The smallest absolute Gasteiger partial charge is 0.349 e. The second-order valence-corrected chi connectivity index (χ2v) is 9.55. The summed E-state index contributed by atoms with van der Waals surface area (Å²) in [5.41, 5.74) is 4.14. The van der Waals surface area contributed by atoms with Crippen LogP contribution in [0.4, 0.5) is 5.00 Å². The Morgan fingerprint density at radius 3 is 2.79 bits per heavy atom. The molecule has 0 fully saturated rings. The zero-order chi connectivity index (χ0) is 24.1. The number of aromatic nitrogens is 1. The highest BCUT2D eigenvalue weighted by Crippen LogP contribution is 2.39. The van der Waals surface area contributed by atoms with Gasteiger partial charge in [-0.25, -0.2) is 4.79 Å². The monoisotopic (exact) mass is 464 g/mol. The molecule has 2 heterocycles. The molecule has 0 saturated heterocycles. The number of amides is 1. The number of nitrogens with zero attached hydrogens (tertiary/aromatic N) is 3. The number of carbonyl (C=O) groups is 2. The van der Waals surface area contributed by atoms with Crippen LogP contribution in [0.3, 0.4) is 0 Å². The first kappa shape index (κ1) is 24.3. The molecular formula is C25H28N4O3S. The van der Waals surface area contributed by atoms with Gasteiger partial charge in [-0.3, -0.25) is 4.79 Å². The van der Waals surface area contributed by atoms with E-state index in [4.69, 9.17) is 4.74 Å². The summed E-state index contributed by atoms with van der Waals surface area (Å²) in [4.78, 5) is 26.0. The third-order valence-corrected chi connectivity index (χ3v) is 7.08. The molecule has 8 heteroatoms. The summed E-state index contributed by atoms with van der Waals surface area (Å²) in [7, 11) is 0. The molecule has 0 bridgehead atoms. The van der Waals surface area contributed by atoms with E-state index in [0.29, 0.717) is 16.5 Å². The minimum Gasteiger partial charge on any atom is -0.451 e. The minimum atomic E-state index is -0.854. The van der Waals surface area contributed by atoms with Crippen LogP contribution in [0.1, 0.15) is 59.6 Å². The van der Waals surface area contributed by atoms with Crippen molar-refractivity contribution in [3.8, 4) is 12.1 Å². The number of nitriles is 2. The first-order valence-corrected chi connectivity index (χ1v) is 11.9. The number of hydrogen-bond acceptors (Lipinski definition) is 6. The molecule has 7 nitrogen and oxygen atoms in total. The number of rotatable bonds is 7. The lowest BCUT2D eigenvalue weighted by Gasteiger charge is -2.17. The summed E-state index contributed by atoms with van der Waals surface area (Å²) in [6.45, 7) is 8.51. The summed E-state index contributed by atoms with van der Waals surface area (Å²) < 4.78 is 7.22. The molecule has 0 aromatic carbocycles. The first-order chi connectivity index (χ1) is 15.8. The van der Waals surface area contributed by atoms with Crippen LogP contribution >= 0.6 is 11.3 Å². The average molecular weight is 465 g/mol. The number of ether oxygens (including phenoxy) is 1. The van der Waals surface area contributed by atoms with Crippen LogP contribution in [0.15, 0.2) is 11.6 Å². The second kappa shape index (κ2) is 10.5. The first-order valence-electron chi connectivity index (χ1n) is 11.1. The molecule has 1 atom stereocenters. The van der Waals surface area contributed by atoms with Crippen molar-refractivity contribution in [2.45, 2.75) is 59.9 Å². The van der Waals surface area contributed by atoms with Gasteiger partial charge in [0.15, 0.2) is 6.61 Å². The predicted octanol–water partition coefficient (Wildman–Crippen LogP) is 4.66. The van der Waals surface area contributed by atoms with E-state index in [-0.39, 0.29) is 5.57 Å². The second-order valence-electron chi connectivity index (χ2n) is 8.44. The third kappa shape index (κ3) is 5.35.